The predicted molar refractivity (Wildman–Crippen MR) is 134 cm³/mol. The third-order valence-electron chi connectivity index (χ3n) is 9.16. The number of ether oxygens (including phenoxy) is 1. The Labute approximate surface area is 195 Å². The van der Waals surface area contributed by atoms with E-state index in [9.17, 15) is 0 Å². The molecule has 1 aliphatic heterocycles. The monoisotopic (exact) mass is 432 g/mol. The first-order valence-electron chi connectivity index (χ1n) is 12.4. The van der Waals surface area contributed by atoms with Crippen molar-refractivity contribution in [2.75, 3.05) is 7.11 Å². The molecule has 0 bridgehead atoms. The largest absolute Gasteiger partial charge is 0.374 e. The predicted octanol–water partition coefficient (Wildman–Crippen LogP) is 7.11. The van der Waals surface area contributed by atoms with E-state index in [0.29, 0.717) is 6.61 Å². The number of rotatable bonds is 5. The molecule has 2 aromatic rings. The Balaban J connectivity index is 2.18. The van der Waals surface area contributed by atoms with Crippen molar-refractivity contribution in [3.63, 3.8) is 0 Å². The maximum atomic E-state index is 5.66. The Morgan fingerprint density at radius 1 is 0.938 bits per heavy atom. The topological polar surface area (TPSA) is 13.1 Å². The van der Waals surface area contributed by atoms with E-state index in [1.165, 1.54) is 40.9 Å². The Morgan fingerprint density at radius 2 is 1.56 bits per heavy atom. The maximum absolute atomic E-state index is 5.66. The van der Waals surface area contributed by atoms with Crippen LogP contribution in [0.1, 0.15) is 96.5 Å². The summed E-state index contributed by atoms with van der Waals surface area (Å²) < 4.78 is 8.22. The molecule has 2 atom stereocenters. The van der Waals surface area contributed by atoms with Crippen LogP contribution in [0, 0.1) is 0 Å². The molecule has 0 saturated heterocycles. The van der Waals surface area contributed by atoms with Gasteiger partial charge in [0.1, 0.15) is 6.61 Å². The second-order valence-corrected chi connectivity index (χ2v) is 11.5. The van der Waals surface area contributed by atoms with Crippen LogP contribution in [0.3, 0.4) is 0 Å². The molecule has 0 fully saturated rings. The molecule has 0 spiro atoms. The summed E-state index contributed by atoms with van der Waals surface area (Å²) in [5.74, 6) is 0. The van der Waals surface area contributed by atoms with E-state index >= 15 is 0 Å². The lowest BCUT2D eigenvalue weighted by Crippen LogP contribution is -2.69. The first-order valence-corrected chi connectivity index (χ1v) is 12.4. The van der Waals surface area contributed by atoms with Crippen molar-refractivity contribution < 1.29 is 9.30 Å². The van der Waals surface area contributed by atoms with Crippen molar-refractivity contribution >= 4 is 0 Å². The van der Waals surface area contributed by atoms with Crippen molar-refractivity contribution in [1.29, 1.82) is 0 Å². The lowest BCUT2D eigenvalue weighted by atomic mass is 9.56. The molecule has 2 heteroatoms. The van der Waals surface area contributed by atoms with Gasteiger partial charge in [0.15, 0.2) is 5.54 Å². The van der Waals surface area contributed by atoms with Crippen molar-refractivity contribution in [3.8, 4) is 11.3 Å². The smallest absolute Gasteiger partial charge is 0.213 e. The third-order valence-corrected chi connectivity index (χ3v) is 9.16. The summed E-state index contributed by atoms with van der Waals surface area (Å²) in [6.45, 7) is 21.8. The fraction of sp³-hybridized carbons (Fsp3) is 0.567. The van der Waals surface area contributed by atoms with Crippen LogP contribution in [0.4, 0.5) is 0 Å². The van der Waals surface area contributed by atoms with Gasteiger partial charge in [-0.2, -0.15) is 4.57 Å². The molecular formula is C30H42NO+. The first kappa shape index (κ1) is 23.2. The van der Waals surface area contributed by atoms with Gasteiger partial charge in [0.25, 0.3) is 0 Å². The molecule has 172 valence electrons. The van der Waals surface area contributed by atoms with Gasteiger partial charge in [0, 0.05) is 25.7 Å². The maximum Gasteiger partial charge on any atom is 0.213 e. The highest BCUT2D eigenvalue weighted by Crippen LogP contribution is 2.54. The van der Waals surface area contributed by atoms with Crippen molar-refractivity contribution in [3.05, 3.63) is 65.4 Å². The lowest BCUT2D eigenvalue weighted by molar-refractivity contribution is -0.763. The van der Waals surface area contributed by atoms with Gasteiger partial charge in [-0.3, -0.25) is 0 Å². The highest BCUT2D eigenvalue weighted by Gasteiger charge is 2.59. The zero-order chi connectivity index (χ0) is 23.5. The van der Waals surface area contributed by atoms with Crippen molar-refractivity contribution in [2.45, 2.75) is 103 Å². The highest BCUT2D eigenvalue weighted by atomic mass is 16.5. The number of hydrogen-bond acceptors (Lipinski definition) is 1. The summed E-state index contributed by atoms with van der Waals surface area (Å²) in [5, 5.41) is 0. The van der Waals surface area contributed by atoms with Gasteiger partial charge < -0.3 is 4.74 Å². The second-order valence-electron chi connectivity index (χ2n) is 11.5. The molecule has 2 nitrogen and oxygen atoms in total. The summed E-state index contributed by atoms with van der Waals surface area (Å²) in [6, 6.07) is 11.8. The molecule has 2 aliphatic rings. The quantitative estimate of drug-likeness (QED) is 0.362. The van der Waals surface area contributed by atoms with Crippen LogP contribution in [0.15, 0.2) is 43.0 Å². The summed E-state index contributed by atoms with van der Waals surface area (Å²) in [4.78, 5) is 0. The molecule has 0 N–H and O–H groups in total. The van der Waals surface area contributed by atoms with Crippen LogP contribution in [-0.4, -0.2) is 7.11 Å². The van der Waals surface area contributed by atoms with Crippen molar-refractivity contribution in [2.24, 2.45) is 0 Å². The van der Waals surface area contributed by atoms with Crippen LogP contribution >= 0.6 is 0 Å². The number of benzene rings is 1. The molecule has 2 heterocycles. The molecule has 1 aromatic carbocycles. The van der Waals surface area contributed by atoms with Crippen molar-refractivity contribution in [1.82, 2.24) is 0 Å². The summed E-state index contributed by atoms with van der Waals surface area (Å²) in [6.07, 6.45) is 6.72. The van der Waals surface area contributed by atoms with Gasteiger partial charge in [-0.1, -0.05) is 54.2 Å². The molecule has 0 amide bonds. The van der Waals surface area contributed by atoms with Gasteiger partial charge in [0.2, 0.25) is 11.4 Å². The zero-order valence-electron chi connectivity index (χ0n) is 21.6. The third kappa shape index (κ3) is 2.91. The fourth-order valence-electron chi connectivity index (χ4n) is 6.76. The minimum absolute atomic E-state index is 0.0625. The normalized spacial score (nSPS) is 27.2. The van der Waals surface area contributed by atoms with Crippen LogP contribution in [0.25, 0.3) is 11.3 Å². The summed E-state index contributed by atoms with van der Waals surface area (Å²) in [5.41, 5.74) is 8.58. The zero-order valence-corrected chi connectivity index (χ0v) is 21.6. The summed E-state index contributed by atoms with van der Waals surface area (Å²) >= 11 is 0. The van der Waals surface area contributed by atoms with Gasteiger partial charge >= 0.3 is 0 Å². The Bertz CT molecular complexity index is 1060. The SMILES string of the molecule is C=CC1(CC)[n+]2c(COC)cccc2-c2cc3c(cc2C1(C)CC)C(C)(C)CCC3(C)C. The Hall–Kier alpha value is -1.93. The summed E-state index contributed by atoms with van der Waals surface area (Å²) in [7, 11) is 1.79. The molecule has 0 radical (unpaired) electrons. The molecule has 2 unspecified atom stereocenters. The van der Waals surface area contributed by atoms with E-state index in [1.807, 2.05) is 0 Å². The molecule has 32 heavy (non-hydrogen) atoms. The van der Waals surface area contributed by atoms with E-state index in [4.69, 9.17) is 4.74 Å². The molecular weight excluding hydrogens is 390 g/mol. The Morgan fingerprint density at radius 3 is 2.09 bits per heavy atom. The Kier molecular flexibility index (Phi) is 5.48. The number of nitrogens with zero attached hydrogens (tertiary/aromatic N) is 1. The molecule has 1 aliphatic carbocycles. The molecule has 1 aromatic heterocycles. The average Bonchev–Trinajstić information content (AvgIpc) is 2.77. The van der Waals surface area contributed by atoms with E-state index in [1.54, 1.807) is 12.7 Å². The van der Waals surface area contributed by atoms with E-state index < -0.39 is 0 Å². The van der Waals surface area contributed by atoms with Gasteiger partial charge in [-0.05, 0) is 71.9 Å². The number of hydrogen-bond donors (Lipinski definition) is 0. The standard InChI is InChI=1S/C30H42NO/c1-10-29(8)23-19-25-24(27(4,5)16-17-28(25,6)7)18-22(23)26-15-13-14-21(20-32-9)31(26)30(29,11-2)12-3/h11,13-15,18-19H,2,10,12,16-17,20H2,1,3-9H3/q+1. The fourth-order valence-corrected chi connectivity index (χ4v) is 6.76. The number of fused-ring (bicyclic) bond motifs is 4. The van der Waals surface area contributed by atoms with Crippen LogP contribution in [0.2, 0.25) is 0 Å². The molecule has 0 saturated carbocycles. The van der Waals surface area contributed by atoms with E-state index in [0.717, 1.165) is 12.8 Å². The highest BCUT2D eigenvalue weighted by molar-refractivity contribution is 5.69. The van der Waals surface area contributed by atoms with E-state index in [-0.39, 0.29) is 21.8 Å². The van der Waals surface area contributed by atoms with Gasteiger partial charge in [-0.15, -0.1) is 0 Å². The average molecular weight is 433 g/mol. The van der Waals surface area contributed by atoms with Crippen LogP contribution in [-0.2, 0) is 33.1 Å². The van der Waals surface area contributed by atoms with Crippen LogP contribution < -0.4 is 4.57 Å². The van der Waals surface area contributed by atoms with Crippen LogP contribution in [0.5, 0.6) is 0 Å². The van der Waals surface area contributed by atoms with E-state index in [2.05, 4.69) is 96.0 Å². The number of pyridine rings is 1. The molecule has 4 rings (SSSR count). The second kappa shape index (κ2) is 7.55. The van der Waals surface area contributed by atoms with Gasteiger partial charge in [-0.25, -0.2) is 0 Å². The number of aromatic nitrogens is 1. The lowest BCUT2D eigenvalue weighted by Gasteiger charge is -2.49. The number of allylic oxidation sites excluding steroid dienone is 1. The minimum atomic E-state index is -0.207. The minimum Gasteiger partial charge on any atom is -0.374 e. The van der Waals surface area contributed by atoms with Gasteiger partial charge in [0.05, 0.1) is 11.0 Å². The number of methoxy groups -OCH3 is 1. The first-order chi connectivity index (χ1) is 15.0.